The molecule has 4 fully saturated rings. The summed E-state index contributed by atoms with van der Waals surface area (Å²) in [6.45, 7) is 11.8. The predicted molar refractivity (Wildman–Crippen MR) is 110 cm³/mol. The zero-order valence-corrected chi connectivity index (χ0v) is 18.4. The Kier molecular flexibility index (Phi) is 5.17. The lowest BCUT2D eigenvalue weighted by atomic mass is 9.44. The van der Waals surface area contributed by atoms with Crippen molar-refractivity contribution >= 4 is 5.97 Å². The molecule has 4 saturated carbocycles. The second kappa shape index (κ2) is 7.06. The summed E-state index contributed by atoms with van der Waals surface area (Å²) in [6.07, 6.45) is 13.7. The molecule has 0 N–H and O–H groups in total. The van der Waals surface area contributed by atoms with E-state index in [0.29, 0.717) is 10.8 Å². The van der Waals surface area contributed by atoms with Gasteiger partial charge in [-0.25, -0.2) is 0 Å². The minimum Gasteiger partial charge on any atom is -0.463 e. The monoisotopic (exact) mass is 374 g/mol. The molecule has 0 amide bonds. The summed E-state index contributed by atoms with van der Waals surface area (Å²) in [6, 6.07) is 0. The Balaban J connectivity index is 1.52. The predicted octanol–water partition coefficient (Wildman–Crippen LogP) is 6.62. The number of hydrogen-bond acceptors (Lipinski definition) is 2. The Morgan fingerprint density at radius 1 is 1.00 bits per heavy atom. The molecule has 0 heterocycles. The van der Waals surface area contributed by atoms with Gasteiger partial charge in [0.05, 0.1) is 0 Å². The van der Waals surface area contributed by atoms with Crippen LogP contribution in [0.3, 0.4) is 0 Å². The van der Waals surface area contributed by atoms with Gasteiger partial charge in [0, 0.05) is 6.92 Å². The second-order valence-corrected chi connectivity index (χ2v) is 11.3. The summed E-state index contributed by atoms with van der Waals surface area (Å²) in [7, 11) is 0. The minimum absolute atomic E-state index is 0.0900. The van der Waals surface area contributed by atoms with E-state index in [2.05, 4.69) is 27.7 Å². The molecule has 2 nitrogen and oxygen atoms in total. The van der Waals surface area contributed by atoms with Crippen LogP contribution in [0.15, 0.2) is 0 Å². The Bertz CT molecular complexity index is 571. The lowest BCUT2D eigenvalue weighted by molar-refractivity contribution is -0.160. The maximum absolute atomic E-state index is 11.4. The first-order valence-electron chi connectivity index (χ1n) is 12.0. The van der Waals surface area contributed by atoms with Crippen molar-refractivity contribution in [1.29, 1.82) is 0 Å². The van der Waals surface area contributed by atoms with Gasteiger partial charge in [-0.05, 0) is 104 Å². The van der Waals surface area contributed by atoms with Crippen LogP contribution in [0.2, 0.25) is 0 Å². The van der Waals surface area contributed by atoms with Gasteiger partial charge in [-0.1, -0.05) is 34.1 Å². The van der Waals surface area contributed by atoms with E-state index in [4.69, 9.17) is 4.74 Å². The molecule has 0 aliphatic heterocycles. The molecule has 0 saturated heterocycles. The van der Waals surface area contributed by atoms with Gasteiger partial charge in [0.2, 0.25) is 0 Å². The van der Waals surface area contributed by atoms with Gasteiger partial charge in [-0.3, -0.25) is 4.79 Å². The highest BCUT2D eigenvalue weighted by Gasteiger charge is 2.60. The summed E-state index contributed by atoms with van der Waals surface area (Å²) in [5.74, 6) is 5.38. The number of fused-ring (bicyclic) bond motifs is 5. The van der Waals surface area contributed by atoms with Crippen LogP contribution in [-0.4, -0.2) is 12.1 Å². The average Bonchev–Trinajstić information content (AvgIpc) is 2.98. The van der Waals surface area contributed by atoms with Gasteiger partial charge in [0.15, 0.2) is 0 Å². The van der Waals surface area contributed by atoms with Crippen LogP contribution < -0.4 is 0 Å². The van der Waals surface area contributed by atoms with Crippen molar-refractivity contribution in [3.63, 3.8) is 0 Å². The van der Waals surface area contributed by atoms with Crippen LogP contribution in [0.25, 0.3) is 0 Å². The molecule has 0 radical (unpaired) electrons. The first-order chi connectivity index (χ1) is 12.8. The van der Waals surface area contributed by atoms with Crippen molar-refractivity contribution in [2.75, 3.05) is 0 Å². The second-order valence-electron chi connectivity index (χ2n) is 11.3. The molecule has 4 rings (SSSR count). The Morgan fingerprint density at radius 3 is 2.41 bits per heavy atom. The number of esters is 1. The lowest BCUT2D eigenvalue weighted by Gasteiger charge is -2.61. The molecule has 9 unspecified atom stereocenters. The lowest BCUT2D eigenvalue weighted by Crippen LogP contribution is -2.54. The molecule has 0 aromatic heterocycles. The van der Waals surface area contributed by atoms with Gasteiger partial charge in [-0.15, -0.1) is 0 Å². The third-order valence-electron chi connectivity index (χ3n) is 10.4. The normalized spacial score (nSPS) is 50.3. The van der Waals surface area contributed by atoms with Crippen molar-refractivity contribution in [2.45, 2.75) is 105 Å². The summed E-state index contributed by atoms with van der Waals surface area (Å²) in [4.78, 5) is 11.4. The van der Waals surface area contributed by atoms with Crippen LogP contribution >= 0.6 is 0 Å². The van der Waals surface area contributed by atoms with Gasteiger partial charge < -0.3 is 4.74 Å². The number of carbonyl (C=O) groups is 1. The third kappa shape index (κ3) is 3.08. The van der Waals surface area contributed by atoms with Crippen LogP contribution in [0, 0.1) is 46.3 Å². The number of ether oxygens (including phenoxy) is 1. The van der Waals surface area contributed by atoms with Gasteiger partial charge in [0.1, 0.15) is 6.10 Å². The maximum Gasteiger partial charge on any atom is 0.302 e. The summed E-state index contributed by atoms with van der Waals surface area (Å²) >= 11 is 0. The molecule has 4 aliphatic rings. The Morgan fingerprint density at radius 2 is 1.70 bits per heavy atom. The molecule has 27 heavy (non-hydrogen) atoms. The number of carbonyl (C=O) groups excluding carboxylic acids is 1. The highest BCUT2D eigenvalue weighted by atomic mass is 16.5. The van der Waals surface area contributed by atoms with Crippen molar-refractivity contribution < 1.29 is 9.53 Å². The Labute approximate surface area is 167 Å². The van der Waals surface area contributed by atoms with E-state index in [-0.39, 0.29) is 12.1 Å². The molecule has 2 heteroatoms. The van der Waals surface area contributed by atoms with Gasteiger partial charge in [0.25, 0.3) is 0 Å². The number of hydrogen-bond donors (Lipinski definition) is 0. The molecule has 4 aliphatic carbocycles. The fraction of sp³-hybridized carbons (Fsp3) is 0.960. The van der Waals surface area contributed by atoms with E-state index in [1.165, 1.54) is 51.4 Å². The average molecular weight is 375 g/mol. The maximum atomic E-state index is 11.4. The topological polar surface area (TPSA) is 26.3 Å². The zero-order chi connectivity index (χ0) is 19.4. The molecule has 154 valence electrons. The van der Waals surface area contributed by atoms with Crippen LogP contribution in [0.4, 0.5) is 0 Å². The number of rotatable bonds is 3. The van der Waals surface area contributed by atoms with Crippen LogP contribution in [-0.2, 0) is 9.53 Å². The smallest absolute Gasteiger partial charge is 0.302 e. The fourth-order valence-electron chi connectivity index (χ4n) is 8.82. The third-order valence-corrected chi connectivity index (χ3v) is 10.4. The quantitative estimate of drug-likeness (QED) is 0.519. The van der Waals surface area contributed by atoms with E-state index < -0.39 is 0 Å². The minimum atomic E-state index is -0.0900. The van der Waals surface area contributed by atoms with E-state index in [9.17, 15) is 4.79 Å². The first kappa shape index (κ1) is 19.8. The molecule has 0 spiro atoms. The highest BCUT2D eigenvalue weighted by molar-refractivity contribution is 5.66. The molecule has 0 aromatic rings. The van der Waals surface area contributed by atoms with Gasteiger partial charge in [-0.2, -0.15) is 0 Å². The van der Waals surface area contributed by atoms with Crippen LogP contribution in [0.1, 0.15) is 98.8 Å². The summed E-state index contributed by atoms with van der Waals surface area (Å²) in [5.41, 5.74) is 1.10. The Hall–Kier alpha value is -0.530. The standard InChI is InChI=1S/C25H42O2/c1-6-16(2)21-9-10-22-20-8-7-18-15-19(27-17(3)26)11-13-24(18,4)23(20)12-14-25(21,22)5/h16,18-23H,6-15H2,1-5H3. The van der Waals surface area contributed by atoms with Crippen molar-refractivity contribution in [3.05, 3.63) is 0 Å². The first-order valence-corrected chi connectivity index (χ1v) is 12.0. The molecule has 0 bridgehead atoms. The molecule has 0 aromatic carbocycles. The van der Waals surface area contributed by atoms with Gasteiger partial charge >= 0.3 is 5.97 Å². The van der Waals surface area contributed by atoms with Crippen molar-refractivity contribution in [2.24, 2.45) is 46.3 Å². The summed E-state index contributed by atoms with van der Waals surface area (Å²) < 4.78 is 5.62. The summed E-state index contributed by atoms with van der Waals surface area (Å²) in [5, 5.41) is 0. The van der Waals surface area contributed by atoms with E-state index in [1.54, 1.807) is 6.92 Å². The fourth-order valence-corrected chi connectivity index (χ4v) is 8.82. The molecular weight excluding hydrogens is 332 g/mol. The molecule has 9 atom stereocenters. The largest absolute Gasteiger partial charge is 0.463 e. The van der Waals surface area contributed by atoms with Crippen molar-refractivity contribution in [1.82, 2.24) is 0 Å². The molecular formula is C25H42O2. The van der Waals surface area contributed by atoms with E-state index in [0.717, 1.165) is 48.3 Å². The van der Waals surface area contributed by atoms with Crippen LogP contribution in [0.5, 0.6) is 0 Å². The zero-order valence-electron chi connectivity index (χ0n) is 18.4. The van der Waals surface area contributed by atoms with E-state index in [1.807, 2.05) is 0 Å². The van der Waals surface area contributed by atoms with E-state index >= 15 is 0 Å². The highest BCUT2D eigenvalue weighted by Crippen LogP contribution is 2.68. The SMILES string of the molecule is CCC(C)C1CCC2C3CCC4CC(OC(C)=O)CCC4(C)C3CCC12C. The van der Waals surface area contributed by atoms with Crippen molar-refractivity contribution in [3.8, 4) is 0 Å².